The number of nitrogens with two attached hydrogens (primary N) is 1. The Morgan fingerprint density at radius 1 is 1.33 bits per heavy atom. The Kier molecular flexibility index (Phi) is 5.07. The maximum Gasteiger partial charge on any atom is 0.299 e. The summed E-state index contributed by atoms with van der Waals surface area (Å²) in [5, 5.41) is 11.4. The van der Waals surface area contributed by atoms with Crippen molar-refractivity contribution in [2.75, 3.05) is 29.3 Å². The van der Waals surface area contributed by atoms with Crippen LogP contribution in [0.5, 0.6) is 0 Å². The van der Waals surface area contributed by atoms with Crippen LogP contribution in [0.3, 0.4) is 0 Å². The first-order chi connectivity index (χ1) is 11.4. The number of nitrogens with zero attached hydrogens (tertiary/aromatic N) is 1. The van der Waals surface area contributed by atoms with E-state index in [-0.39, 0.29) is 5.91 Å². The van der Waals surface area contributed by atoms with E-state index in [1.165, 1.54) is 4.31 Å². The van der Waals surface area contributed by atoms with Crippen molar-refractivity contribution in [1.82, 2.24) is 5.32 Å². The molecule has 0 aromatic heterocycles. The molecule has 0 atom stereocenters. The first kappa shape index (κ1) is 17.2. The van der Waals surface area contributed by atoms with E-state index in [2.05, 4.69) is 10.6 Å². The van der Waals surface area contributed by atoms with Crippen LogP contribution in [0.4, 0.5) is 11.4 Å². The molecule has 1 saturated heterocycles. The number of anilines is 2. The van der Waals surface area contributed by atoms with Gasteiger partial charge in [0.15, 0.2) is 0 Å². The van der Waals surface area contributed by atoms with Crippen molar-refractivity contribution in [3.63, 3.8) is 0 Å². The molecule has 7 nitrogen and oxygen atoms in total. The molecule has 132 valence electrons. The van der Waals surface area contributed by atoms with E-state index in [1.54, 1.807) is 6.07 Å². The number of hydrogen-bond donors (Lipinski definition) is 3. The first-order valence-corrected chi connectivity index (χ1v) is 9.88. The summed E-state index contributed by atoms with van der Waals surface area (Å²) in [5.41, 5.74) is 2.10. The van der Waals surface area contributed by atoms with E-state index in [1.807, 2.05) is 12.1 Å². The van der Waals surface area contributed by atoms with Gasteiger partial charge >= 0.3 is 0 Å². The molecule has 1 amide bonds. The molecular formula is C16H24N4O3S. The molecule has 0 radical (unpaired) electrons. The van der Waals surface area contributed by atoms with Crippen LogP contribution < -0.4 is 20.1 Å². The van der Waals surface area contributed by atoms with Gasteiger partial charge in [0.2, 0.25) is 5.91 Å². The minimum Gasteiger partial charge on any atom is -0.326 e. The molecule has 24 heavy (non-hydrogen) atoms. The third-order valence-electron chi connectivity index (χ3n) is 4.77. The Morgan fingerprint density at radius 3 is 2.79 bits per heavy atom. The van der Waals surface area contributed by atoms with Crippen LogP contribution in [0.2, 0.25) is 0 Å². The maximum absolute atomic E-state index is 12.2. The van der Waals surface area contributed by atoms with Crippen molar-refractivity contribution >= 4 is 27.5 Å². The second-order valence-electron chi connectivity index (χ2n) is 6.49. The highest BCUT2D eigenvalue weighted by Gasteiger charge is 2.27. The monoisotopic (exact) mass is 352 g/mol. The van der Waals surface area contributed by atoms with Gasteiger partial charge in [0.1, 0.15) is 0 Å². The number of hydrogen-bond acceptors (Lipinski definition) is 4. The molecule has 1 fully saturated rings. The van der Waals surface area contributed by atoms with Crippen molar-refractivity contribution in [1.29, 1.82) is 0 Å². The lowest BCUT2D eigenvalue weighted by molar-refractivity contribution is -0.116. The molecule has 2 aliphatic rings. The smallest absolute Gasteiger partial charge is 0.299 e. The van der Waals surface area contributed by atoms with Gasteiger partial charge in [-0.3, -0.25) is 9.10 Å². The summed E-state index contributed by atoms with van der Waals surface area (Å²) in [6, 6.07) is 5.35. The Balaban J connectivity index is 1.60. The van der Waals surface area contributed by atoms with E-state index >= 15 is 0 Å². The molecule has 2 heterocycles. The predicted octanol–water partition coefficient (Wildman–Crippen LogP) is 0.971. The minimum atomic E-state index is -3.77. The third kappa shape index (κ3) is 4.06. The largest absolute Gasteiger partial charge is 0.326 e. The molecule has 3 rings (SSSR count). The van der Waals surface area contributed by atoms with E-state index in [0.29, 0.717) is 36.7 Å². The van der Waals surface area contributed by atoms with Crippen LogP contribution >= 0.6 is 0 Å². The van der Waals surface area contributed by atoms with Crippen molar-refractivity contribution < 1.29 is 13.2 Å². The van der Waals surface area contributed by atoms with Crippen molar-refractivity contribution in [3.8, 4) is 0 Å². The molecule has 1 aromatic rings. The highest BCUT2D eigenvalue weighted by molar-refractivity contribution is 7.90. The summed E-state index contributed by atoms with van der Waals surface area (Å²) in [5.74, 6) is 0.573. The van der Waals surface area contributed by atoms with Crippen LogP contribution in [0.1, 0.15) is 31.2 Å². The Bertz CT molecular complexity index is 714. The molecule has 0 bridgehead atoms. The number of nitrogens with one attached hydrogen (secondary N) is 2. The highest BCUT2D eigenvalue weighted by atomic mass is 32.2. The van der Waals surface area contributed by atoms with Gasteiger partial charge in [-0.25, -0.2) is 5.14 Å². The molecule has 8 heteroatoms. The zero-order valence-corrected chi connectivity index (χ0v) is 14.4. The Hall–Kier alpha value is -1.64. The Morgan fingerprint density at radius 2 is 2.08 bits per heavy atom. The fourth-order valence-electron chi connectivity index (χ4n) is 3.42. The highest BCUT2D eigenvalue weighted by Crippen LogP contribution is 2.32. The van der Waals surface area contributed by atoms with Gasteiger partial charge in [0.25, 0.3) is 10.2 Å². The summed E-state index contributed by atoms with van der Waals surface area (Å²) in [6.07, 6.45) is 4.25. The van der Waals surface area contributed by atoms with Crippen LogP contribution in [0.15, 0.2) is 18.2 Å². The molecular weight excluding hydrogens is 328 g/mol. The van der Waals surface area contributed by atoms with Crippen molar-refractivity contribution in [2.24, 2.45) is 11.1 Å². The number of rotatable bonds is 5. The number of fused-ring (bicyclic) bond motifs is 1. The zero-order chi connectivity index (χ0) is 17.2. The lowest BCUT2D eigenvalue weighted by atomic mass is 9.93. The van der Waals surface area contributed by atoms with Crippen molar-refractivity contribution in [3.05, 3.63) is 23.8 Å². The van der Waals surface area contributed by atoms with Gasteiger partial charge in [-0.05, 0) is 62.4 Å². The summed E-state index contributed by atoms with van der Waals surface area (Å²) in [6.45, 7) is 2.41. The van der Waals surface area contributed by atoms with Crippen molar-refractivity contribution in [2.45, 2.75) is 32.1 Å². The van der Waals surface area contributed by atoms with Gasteiger partial charge in [-0.15, -0.1) is 0 Å². The topological polar surface area (TPSA) is 105 Å². The maximum atomic E-state index is 12.2. The lowest BCUT2D eigenvalue weighted by Crippen LogP contribution is -2.35. The Labute approximate surface area is 142 Å². The van der Waals surface area contributed by atoms with Crippen LogP contribution in [0.25, 0.3) is 0 Å². The first-order valence-electron chi connectivity index (χ1n) is 8.37. The van der Waals surface area contributed by atoms with Crippen LogP contribution in [-0.4, -0.2) is 34.0 Å². The SMILES string of the molecule is NS(=O)(=O)N1CCc2ccc(NC(=O)CCC3CCNCC3)cc21. The molecule has 4 N–H and O–H groups in total. The normalized spacial score (nSPS) is 18.5. The van der Waals surface area contributed by atoms with Gasteiger partial charge in [-0.2, -0.15) is 8.42 Å². The quantitative estimate of drug-likeness (QED) is 0.734. The second kappa shape index (κ2) is 7.08. The minimum absolute atomic E-state index is 0.0337. The molecule has 0 spiro atoms. The number of carbonyl (C=O) groups is 1. The average Bonchev–Trinajstić information content (AvgIpc) is 2.97. The fourth-order valence-corrected chi connectivity index (χ4v) is 4.21. The van der Waals surface area contributed by atoms with Crippen LogP contribution in [-0.2, 0) is 21.4 Å². The van der Waals surface area contributed by atoms with Gasteiger partial charge in [-0.1, -0.05) is 6.07 Å². The molecule has 0 saturated carbocycles. The second-order valence-corrected chi connectivity index (χ2v) is 7.96. The predicted molar refractivity (Wildman–Crippen MR) is 94.1 cm³/mol. The number of carbonyl (C=O) groups excluding carboxylic acids is 1. The number of amides is 1. The zero-order valence-electron chi connectivity index (χ0n) is 13.6. The summed E-state index contributed by atoms with van der Waals surface area (Å²) < 4.78 is 24.4. The van der Waals surface area contributed by atoms with Gasteiger partial charge in [0.05, 0.1) is 5.69 Å². The summed E-state index contributed by atoms with van der Waals surface area (Å²) in [7, 11) is -3.77. The molecule has 1 aromatic carbocycles. The molecule has 2 aliphatic heterocycles. The molecule has 0 aliphatic carbocycles. The average molecular weight is 352 g/mol. The summed E-state index contributed by atoms with van der Waals surface area (Å²) >= 11 is 0. The standard InChI is InChI=1S/C16H24N4O3S/c17-24(22,23)20-10-7-13-2-3-14(11-15(13)20)19-16(21)4-1-12-5-8-18-9-6-12/h2-3,11-12,18H,1,4-10H2,(H,19,21)(H2,17,22,23). The summed E-state index contributed by atoms with van der Waals surface area (Å²) in [4.78, 5) is 12.2. The van der Waals surface area contributed by atoms with Gasteiger partial charge < -0.3 is 10.6 Å². The van der Waals surface area contributed by atoms with Gasteiger partial charge in [0, 0.05) is 18.7 Å². The third-order valence-corrected chi connectivity index (χ3v) is 5.76. The van der Waals surface area contributed by atoms with E-state index in [0.717, 1.165) is 37.9 Å². The fraction of sp³-hybridized carbons (Fsp3) is 0.562. The number of piperidine rings is 1. The van der Waals surface area contributed by atoms with E-state index in [9.17, 15) is 13.2 Å². The van der Waals surface area contributed by atoms with Crippen LogP contribution in [0, 0.1) is 5.92 Å². The van der Waals surface area contributed by atoms with E-state index in [4.69, 9.17) is 5.14 Å². The number of benzene rings is 1. The molecule has 0 unspecified atom stereocenters. The lowest BCUT2D eigenvalue weighted by Gasteiger charge is -2.22. The van der Waals surface area contributed by atoms with E-state index < -0.39 is 10.2 Å².